The number of hydrogen-bond donors (Lipinski definition) is 0. The monoisotopic (exact) mass is 349 g/mol. The number of likely N-dealkylation sites (tertiary alicyclic amines) is 1. The molecule has 6 heteroatoms. The summed E-state index contributed by atoms with van der Waals surface area (Å²) < 4.78 is 6.89. The Balaban J connectivity index is 2.30. The van der Waals surface area contributed by atoms with Crippen molar-refractivity contribution in [2.45, 2.75) is 60.0 Å². The van der Waals surface area contributed by atoms with Crippen LogP contribution < -0.4 is 0 Å². The second-order valence-electron chi connectivity index (χ2n) is 7.59. The van der Waals surface area contributed by atoms with E-state index in [0.717, 1.165) is 18.7 Å². The lowest BCUT2D eigenvalue weighted by Crippen LogP contribution is -2.43. The van der Waals surface area contributed by atoms with Gasteiger partial charge in [-0.25, -0.2) is 0 Å². The number of carbonyl (C=O) groups excluding carboxylic acids is 2. The second-order valence-corrected chi connectivity index (χ2v) is 7.59. The van der Waals surface area contributed by atoms with E-state index in [1.807, 2.05) is 16.5 Å². The van der Waals surface area contributed by atoms with Crippen LogP contribution in [0.15, 0.2) is 6.20 Å². The van der Waals surface area contributed by atoms with Crippen molar-refractivity contribution in [3.8, 4) is 0 Å². The number of aromatic nitrogens is 2. The van der Waals surface area contributed by atoms with E-state index in [2.05, 4.69) is 32.8 Å². The molecule has 0 bridgehead atoms. The Labute approximate surface area is 150 Å². The van der Waals surface area contributed by atoms with Crippen molar-refractivity contribution in [3.63, 3.8) is 0 Å². The lowest BCUT2D eigenvalue weighted by molar-refractivity contribution is -0.146. The molecule has 0 aromatic carbocycles. The molecule has 6 nitrogen and oxygen atoms in total. The van der Waals surface area contributed by atoms with E-state index in [-0.39, 0.29) is 29.8 Å². The van der Waals surface area contributed by atoms with Crippen LogP contribution in [-0.2, 0) is 22.5 Å². The average molecular weight is 349 g/mol. The zero-order valence-electron chi connectivity index (χ0n) is 16.3. The van der Waals surface area contributed by atoms with E-state index in [9.17, 15) is 9.59 Å². The molecular formula is C19H31N3O3. The first kappa shape index (κ1) is 19.5. The van der Waals surface area contributed by atoms with Gasteiger partial charge in [0.15, 0.2) is 0 Å². The van der Waals surface area contributed by atoms with E-state index in [0.29, 0.717) is 24.4 Å². The SMILES string of the molecule is CCc1c(C(=O)N2CC[C@H](C(=O)OC)[C@@H]2C(C)C)cnn1CC(C)C. The molecule has 0 unspecified atom stereocenters. The van der Waals surface area contributed by atoms with Crippen LogP contribution in [0, 0.1) is 17.8 Å². The number of nitrogens with zero attached hydrogens (tertiary/aromatic N) is 3. The summed E-state index contributed by atoms with van der Waals surface area (Å²) in [7, 11) is 1.41. The van der Waals surface area contributed by atoms with Crippen LogP contribution in [0.25, 0.3) is 0 Å². The van der Waals surface area contributed by atoms with Gasteiger partial charge in [-0.2, -0.15) is 5.10 Å². The minimum atomic E-state index is -0.246. The highest BCUT2D eigenvalue weighted by Gasteiger charge is 2.44. The van der Waals surface area contributed by atoms with Gasteiger partial charge in [-0.05, 0) is 24.7 Å². The largest absolute Gasteiger partial charge is 0.469 e. The highest BCUT2D eigenvalue weighted by Crippen LogP contribution is 2.32. The maximum Gasteiger partial charge on any atom is 0.310 e. The minimum Gasteiger partial charge on any atom is -0.469 e. The number of amides is 1. The standard InChI is InChI=1S/C19H31N3O3/c1-7-16-15(10-20-22(16)11-12(2)3)18(23)21-9-8-14(19(24)25-6)17(21)13(4)5/h10,12-14,17H,7-9,11H2,1-6H3/t14-,17-/m0/s1. The summed E-state index contributed by atoms with van der Waals surface area (Å²) in [5, 5.41) is 4.44. The molecule has 0 saturated carbocycles. The van der Waals surface area contributed by atoms with Gasteiger partial charge in [0.25, 0.3) is 5.91 Å². The third-order valence-corrected chi connectivity index (χ3v) is 4.95. The Bertz CT molecular complexity index is 621. The topological polar surface area (TPSA) is 64.4 Å². The van der Waals surface area contributed by atoms with Crippen molar-refractivity contribution in [2.75, 3.05) is 13.7 Å². The summed E-state index contributed by atoms with van der Waals surface area (Å²) in [5.74, 6) is 0.167. The zero-order chi connectivity index (χ0) is 18.7. The molecule has 0 spiro atoms. The first-order chi connectivity index (χ1) is 11.8. The summed E-state index contributed by atoms with van der Waals surface area (Å²) in [4.78, 5) is 27.2. The third kappa shape index (κ3) is 3.88. The molecule has 1 saturated heterocycles. The normalized spacial score (nSPS) is 20.6. The number of rotatable bonds is 6. The van der Waals surface area contributed by atoms with Crippen LogP contribution in [0.2, 0.25) is 0 Å². The van der Waals surface area contributed by atoms with Crippen molar-refractivity contribution in [1.82, 2.24) is 14.7 Å². The summed E-state index contributed by atoms with van der Waals surface area (Å²) >= 11 is 0. The van der Waals surface area contributed by atoms with E-state index < -0.39 is 0 Å². The first-order valence-corrected chi connectivity index (χ1v) is 9.25. The Morgan fingerprint density at radius 2 is 2.00 bits per heavy atom. The minimum absolute atomic E-state index is 0.0167. The third-order valence-electron chi connectivity index (χ3n) is 4.95. The van der Waals surface area contributed by atoms with Crippen molar-refractivity contribution in [3.05, 3.63) is 17.5 Å². The fraction of sp³-hybridized carbons (Fsp3) is 0.737. The van der Waals surface area contributed by atoms with Crippen LogP contribution in [0.1, 0.15) is 57.1 Å². The van der Waals surface area contributed by atoms with E-state index in [4.69, 9.17) is 4.74 Å². The lowest BCUT2D eigenvalue weighted by atomic mass is 9.91. The highest BCUT2D eigenvalue weighted by atomic mass is 16.5. The Kier molecular flexibility index (Phi) is 6.25. The van der Waals surface area contributed by atoms with Crippen LogP contribution >= 0.6 is 0 Å². The molecule has 1 aromatic rings. The summed E-state index contributed by atoms with van der Waals surface area (Å²) in [5.41, 5.74) is 1.64. The van der Waals surface area contributed by atoms with Crippen LogP contribution in [0.5, 0.6) is 0 Å². The maximum absolute atomic E-state index is 13.2. The molecule has 140 valence electrons. The molecule has 2 rings (SSSR count). The lowest BCUT2D eigenvalue weighted by Gasteiger charge is -2.30. The number of hydrogen-bond acceptors (Lipinski definition) is 4. The van der Waals surface area contributed by atoms with Crippen molar-refractivity contribution < 1.29 is 14.3 Å². The predicted octanol–water partition coefficient (Wildman–Crippen LogP) is 2.76. The van der Waals surface area contributed by atoms with Crippen molar-refractivity contribution >= 4 is 11.9 Å². The molecular weight excluding hydrogens is 318 g/mol. The predicted molar refractivity (Wildman–Crippen MR) is 96.2 cm³/mol. The van der Waals surface area contributed by atoms with Gasteiger partial charge in [-0.3, -0.25) is 14.3 Å². The number of methoxy groups -OCH3 is 1. The first-order valence-electron chi connectivity index (χ1n) is 9.25. The molecule has 0 radical (unpaired) electrons. The highest BCUT2D eigenvalue weighted by molar-refractivity contribution is 5.96. The van der Waals surface area contributed by atoms with E-state index in [1.165, 1.54) is 7.11 Å². The van der Waals surface area contributed by atoms with Gasteiger partial charge >= 0.3 is 5.97 Å². The molecule has 2 heterocycles. The molecule has 1 aliphatic heterocycles. The van der Waals surface area contributed by atoms with Gasteiger partial charge in [-0.15, -0.1) is 0 Å². The van der Waals surface area contributed by atoms with E-state index >= 15 is 0 Å². The smallest absolute Gasteiger partial charge is 0.310 e. The number of ether oxygens (including phenoxy) is 1. The van der Waals surface area contributed by atoms with Crippen molar-refractivity contribution in [1.29, 1.82) is 0 Å². The van der Waals surface area contributed by atoms with Gasteiger partial charge in [0.1, 0.15) is 0 Å². The summed E-state index contributed by atoms with van der Waals surface area (Å²) in [6.07, 6.45) is 3.10. The van der Waals surface area contributed by atoms with Gasteiger partial charge < -0.3 is 9.64 Å². The molecule has 1 amide bonds. The fourth-order valence-corrected chi connectivity index (χ4v) is 3.91. The molecule has 1 fully saturated rings. The maximum atomic E-state index is 13.2. The molecule has 25 heavy (non-hydrogen) atoms. The van der Waals surface area contributed by atoms with Gasteiger partial charge in [0, 0.05) is 19.1 Å². The summed E-state index contributed by atoms with van der Waals surface area (Å²) in [6, 6.07) is -0.127. The Hall–Kier alpha value is -1.85. The zero-order valence-corrected chi connectivity index (χ0v) is 16.3. The van der Waals surface area contributed by atoms with Gasteiger partial charge in [0.05, 0.1) is 30.5 Å². The quantitative estimate of drug-likeness (QED) is 0.741. The van der Waals surface area contributed by atoms with E-state index in [1.54, 1.807) is 6.20 Å². The molecule has 1 aromatic heterocycles. The van der Waals surface area contributed by atoms with Crippen molar-refractivity contribution in [2.24, 2.45) is 17.8 Å². The summed E-state index contributed by atoms with van der Waals surface area (Å²) in [6.45, 7) is 11.8. The number of carbonyl (C=O) groups is 2. The van der Waals surface area contributed by atoms with Crippen LogP contribution in [0.3, 0.4) is 0 Å². The molecule has 0 N–H and O–H groups in total. The fourth-order valence-electron chi connectivity index (χ4n) is 3.91. The number of esters is 1. The Morgan fingerprint density at radius 1 is 1.32 bits per heavy atom. The van der Waals surface area contributed by atoms with Gasteiger partial charge in [-0.1, -0.05) is 34.6 Å². The van der Waals surface area contributed by atoms with Crippen LogP contribution in [0.4, 0.5) is 0 Å². The molecule has 1 aliphatic rings. The Morgan fingerprint density at radius 3 is 2.52 bits per heavy atom. The molecule has 2 atom stereocenters. The average Bonchev–Trinajstić information content (AvgIpc) is 3.16. The second kappa shape index (κ2) is 8.02. The van der Waals surface area contributed by atoms with Crippen LogP contribution in [-0.4, -0.2) is 46.3 Å². The van der Waals surface area contributed by atoms with Gasteiger partial charge in [0.2, 0.25) is 0 Å². The molecule has 0 aliphatic carbocycles.